The molecule has 0 radical (unpaired) electrons. The van der Waals surface area contributed by atoms with Crippen LogP contribution < -0.4 is 0 Å². The van der Waals surface area contributed by atoms with Crippen molar-refractivity contribution in [3.63, 3.8) is 0 Å². The maximum Gasteiger partial charge on any atom is 0.175 e. The molecule has 0 amide bonds. The second-order valence-corrected chi connectivity index (χ2v) is 5.36. The zero-order valence-corrected chi connectivity index (χ0v) is 12.0. The fraction of sp³-hybridized carbons (Fsp3) is 0.933. The smallest absolute Gasteiger partial charge is 0.175 e. The zero-order valence-electron chi connectivity index (χ0n) is 12.0. The first-order chi connectivity index (χ1) is 8.68. The molecule has 1 heterocycles. The molecule has 0 N–H and O–H groups in total. The van der Waals surface area contributed by atoms with E-state index < -0.39 is 5.79 Å². The van der Waals surface area contributed by atoms with E-state index >= 15 is 0 Å². The molecule has 1 fully saturated rings. The van der Waals surface area contributed by atoms with Crippen molar-refractivity contribution in [3.8, 4) is 0 Å². The van der Waals surface area contributed by atoms with E-state index in [1.807, 2.05) is 0 Å². The van der Waals surface area contributed by atoms with Gasteiger partial charge in [-0.3, -0.25) is 4.79 Å². The molecule has 1 saturated heterocycles. The van der Waals surface area contributed by atoms with E-state index in [9.17, 15) is 4.79 Å². The highest BCUT2D eigenvalue weighted by atomic mass is 16.7. The van der Waals surface area contributed by atoms with Crippen LogP contribution in [-0.2, 0) is 14.3 Å². The second-order valence-electron chi connectivity index (χ2n) is 5.36. The topological polar surface area (TPSA) is 35.5 Å². The van der Waals surface area contributed by atoms with Crippen LogP contribution in [0.2, 0.25) is 0 Å². The van der Waals surface area contributed by atoms with Gasteiger partial charge in [-0.15, -0.1) is 0 Å². The van der Waals surface area contributed by atoms with E-state index in [0.717, 1.165) is 12.8 Å². The molecule has 0 saturated carbocycles. The Morgan fingerprint density at radius 1 is 1.00 bits per heavy atom. The average Bonchev–Trinajstić information content (AvgIpc) is 2.76. The molecular formula is C15H28O3. The first-order valence-corrected chi connectivity index (χ1v) is 7.46. The van der Waals surface area contributed by atoms with Crippen LogP contribution in [0, 0.1) is 0 Å². The lowest BCUT2D eigenvalue weighted by Crippen LogP contribution is -2.32. The summed E-state index contributed by atoms with van der Waals surface area (Å²) in [4.78, 5) is 11.3. The van der Waals surface area contributed by atoms with Crippen LogP contribution in [0.1, 0.15) is 71.6 Å². The van der Waals surface area contributed by atoms with E-state index in [0.29, 0.717) is 19.6 Å². The molecule has 106 valence electrons. The van der Waals surface area contributed by atoms with Gasteiger partial charge in [0.1, 0.15) is 5.78 Å². The largest absolute Gasteiger partial charge is 0.347 e. The number of ether oxygens (including phenoxy) is 2. The fourth-order valence-corrected chi connectivity index (χ4v) is 2.56. The van der Waals surface area contributed by atoms with Crippen molar-refractivity contribution in [1.29, 1.82) is 0 Å². The molecule has 0 bridgehead atoms. The van der Waals surface area contributed by atoms with Crippen molar-refractivity contribution in [3.05, 3.63) is 0 Å². The Morgan fingerprint density at radius 3 is 2.11 bits per heavy atom. The molecular weight excluding hydrogens is 228 g/mol. The summed E-state index contributed by atoms with van der Waals surface area (Å²) in [6, 6.07) is 0. The Hall–Kier alpha value is -0.410. The van der Waals surface area contributed by atoms with Crippen LogP contribution in [0.4, 0.5) is 0 Å². The highest BCUT2D eigenvalue weighted by Crippen LogP contribution is 2.30. The molecule has 0 aromatic heterocycles. The van der Waals surface area contributed by atoms with Crippen molar-refractivity contribution in [1.82, 2.24) is 0 Å². The van der Waals surface area contributed by atoms with E-state index in [2.05, 4.69) is 6.92 Å². The second kappa shape index (κ2) is 8.65. The highest BCUT2D eigenvalue weighted by molar-refractivity contribution is 5.76. The number of Topliss-reactive ketones (excluding diaryl/α,β-unsaturated/α-hetero) is 1. The van der Waals surface area contributed by atoms with Gasteiger partial charge in [0.05, 0.1) is 19.6 Å². The van der Waals surface area contributed by atoms with Crippen LogP contribution in [0.5, 0.6) is 0 Å². The van der Waals surface area contributed by atoms with Gasteiger partial charge in [-0.2, -0.15) is 0 Å². The number of unbranched alkanes of at least 4 members (excludes halogenated alkanes) is 6. The van der Waals surface area contributed by atoms with Gasteiger partial charge in [0, 0.05) is 6.42 Å². The summed E-state index contributed by atoms with van der Waals surface area (Å²) in [7, 11) is 0. The molecule has 18 heavy (non-hydrogen) atoms. The minimum Gasteiger partial charge on any atom is -0.347 e. The van der Waals surface area contributed by atoms with Gasteiger partial charge in [0.25, 0.3) is 0 Å². The molecule has 0 unspecified atom stereocenters. The Morgan fingerprint density at radius 2 is 1.56 bits per heavy atom. The van der Waals surface area contributed by atoms with Gasteiger partial charge in [-0.25, -0.2) is 0 Å². The molecule has 0 atom stereocenters. The maximum absolute atomic E-state index is 11.3. The van der Waals surface area contributed by atoms with Crippen molar-refractivity contribution in [2.45, 2.75) is 77.4 Å². The summed E-state index contributed by atoms with van der Waals surface area (Å²) < 4.78 is 11.3. The van der Waals surface area contributed by atoms with Crippen molar-refractivity contribution in [2.75, 3.05) is 13.2 Å². The summed E-state index contributed by atoms with van der Waals surface area (Å²) in [5.74, 6) is -0.435. The normalized spacial score (nSPS) is 18.1. The van der Waals surface area contributed by atoms with E-state index in [1.165, 1.54) is 38.5 Å². The van der Waals surface area contributed by atoms with Crippen molar-refractivity contribution >= 4 is 5.78 Å². The van der Waals surface area contributed by atoms with Crippen LogP contribution in [0.3, 0.4) is 0 Å². The lowest BCUT2D eigenvalue weighted by atomic mass is 10.0. The van der Waals surface area contributed by atoms with E-state index in [4.69, 9.17) is 9.47 Å². The quantitative estimate of drug-likeness (QED) is 0.557. The molecule has 3 heteroatoms. The van der Waals surface area contributed by atoms with Gasteiger partial charge in [0.15, 0.2) is 5.79 Å². The minimum atomic E-state index is -0.588. The third-order valence-corrected chi connectivity index (χ3v) is 3.49. The van der Waals surface area contributed by atoms with Gasteiger partial charge in [-0.1, -0.05) is 45.4 Å². The number of ketones is 1. The monoisotopic (exact) mass is 256 g/mol. The van der Waals surface area contributed by atoms with Crippen molar-refractivity contribution < 1.29 is 14.3 Å². The molecule has 3 nitrogen and oxygen atoms in total. The number of carbonyl (C=O) groups excluding carboxylic acids is 1. The van der Waals surface area contributed by atoms with Gasteiger partial charge < -0.3 is 9.47 Å². The third-order valence-electron chi connectivity index (χ3n) is 3.49. The van der Waals surface area contributed by atoms with Crippen molar-refractivity contribution in [2.24, 2.45) is 0 Å². The Bertz CT molecular complexity index is 232. The summed E-state index contributed by atoms with van der Waals surface area (Å²) in [6.45, 7) is 5.10. The van der Waals surface area contributed by atoms with Gasteiger partial charge in [0.2, 0.25) is 0 Å². The lowest BCUT2D eigenvalue weighted by Gasteiger charge is -2.26. The summed E-state index contributed by atoms with van der Waals surface area (Å²) in [5, 5.41) is 0. The Labute approximate surface area is 111 Å². The number of hydrogen-bond donors (Lipinski definition) is 0. The zero-order chi connectivity index (χ0) is 13.3. The average molecular weight is 256 g/mol. The standard InChI is InChI=1S/C15H28O3/c1-3-4-5-6-7-8-9-10-15(13-14(2)16)17-11-12-18-15/h3-13H2,1-2H3. The number of hydrogen-bond acceptors (Lipinski definition) is 3. The van der Waals surface area contributed by atoms with Crippen LogP contribution in [0.15, 0.2) is 0 Å². The molecule has 0 aromatic carbocycles. The third kappa shape index (κ3) is 5.96. The van der Waals surface area contributed by atoms with Gasteiger partial charge in [-0.05, 0) is 13.3 Å². The molecule has 1 aliphatic rings. The first-order valence-electron chi connectivity index (χ1n) is 7.46. The lowest BCUT2D eigenvalue weighted by molar-refractivity contribution is -0.172. The summed E-state index contributed by atoms with van der Waals surface area (Å²) >= 11 is 0. The van der Waals surface area contributed by atoms with E-state index in [1.54, 1.807) is 6.92 Å². The predicted octanol–water partition coefficient (Wildman–Crippen LogP) is 3.85. The summed E-state index contributed by atoms with van der Waals surface area (Å²) in [6.07, 6.45) is 10.2. The van der Waals surface area contributed by atoms with Crippen LogP contribution >= 0.6 is 0 Å². The maximum atomic E-state index is 11.3. The molecule has 0 aromatic rings. The predicted molar refractivity (Wildman–Crippen MR) is 72.5 cm³/mol. The van der Waals surface area contributed by atoms with Crippen LogP contribution in [0.25, 0.3) is 0 Å². The Balaban J connectivity index is 2.12. The molecule has 1 aliphatic heterocycles. The first kappa shape index (κ1) is 15.6. The molecule has 0 spiro atoms. The minimum absolute atomic E-state index is 0.153. The van der Waals surface area contributed by atoms with Gasteiger partial charge >= 0.3 is 0 Å². The van der Waals surface area contributed by atoms with Crippen LogP contribution in [-0.4, -0.2) is 24.8 Å². The Kier molecular flexibility index (Phi) is 7.52. The number of carbonyl (C=O) groups is 1. The number of rotatable bonds is 10. The van der Waals surface area contributed by atoms with E-state index in [-0.39, 0.29) is 5.78 Å². The fourth-order valence-electron chi connectivity index (χ4n) is 2.56. The SMILES string of the molecule is CCCCCCCCCC1(CC(C)=O)OCCO1. The molecule has 0 aliphatic carbocycles. The highest BCUT2D eigenvalue weighted by Gasteiger charge is 2.36. The molecule has 1 rings (SSSR count). The summed E-state index contributed by atoms with van der Waals surface area (Å²) in [5.41, 5.74) is 0.